The minimum Gasteiger partial charge on any atom is -0.263 e. The molecule has 0 saturated heterocycles. The molecule has 0 aliphatic heterocycles. The minimum absolute atomic E-state index is 0.0759. The van der Waals surface area contributed by atoms with E-state index in [1.165, 1.54) is 12.1 Å². The molecule has 0 spiro atoms. The first-order valence-corrected chi connectivity index (χ1v) is 9.19. The van der Waals surface area contributed by atoms with E-state index in [1.807, 2.05) is 18.2 Å². The highest BCUT2D eigenvalue weighted by atomic mass is 35.5. The topological polar surface area (TPSA) is 59.1 Å². The summed E-state index contributed by atoms with van der Waals surface area (Å²) in [5.74, 6) is 0.214. The maximum atomic E-state index is 12.3. The molecular weight excluding hydrogens is 367 g/mol. The van der Waals surface area contributed by atoms with Crippen molar-refractivity contribution < 1.29 is 8.42 Å². The Morgan fingerprint density at radius 2 is 1.71 bits per heavy atom. The van der Waals surface area contributed by atoms with Gasteiger partial charge in [0.15, 0.2) is 0 Å². The fourth-order valence-electron chi connectivity index (χ4n) is 2.14. The highest BCUT2D eigenvalue weighted by Crippen LogP contribution is 2.27. The SMILES string of the molecule is O=S(=O)(Nc1ccc(-c2ccccc2Cl)cn1)c1cccc(Cl)c1. The average Bonchev–Trinajstić information content (AvgIpc) is 2.56. The Morgan fingerprint density at radius 1 is 0.917 bits per heavy atom. The molecule has 0 aliphatic carbocycles. The Hall–Kier alpha value is -2.08. The second-order valence-corrected chi connectivity index (χ2v) is 7.50. The lowest BCUT2D eigenvalue weighted by atomic mass is 10.1. The zero-order valence-electron chi connectivity index (χ0n) is 12.3. The molecule has 0 unspecified atom stereocenters. The van der Waals surface area contributed by atoms with Gasteiger partial charge in [-0.3, -0.25) is 4.72 Å². The third kappa shape index (κ3) is 3.70. The van der Waals surface area contributed by atoms with Crippen molar-refractivity contribution in [2.45, 2.75) is 4.90 Å². The summed E-state index contributed by atoms with van der Waals surface area (Å²) in [6, 6.07) is 16.7. The van der Waals surface area contributed by atoms with Crippen LogP contribution in [0.3, 0.4) is 0 Å². The number of nitrogens with zero attached hydrogens (tertiary/aromatic N) is 1. The number of nitrogens with one attached hydrogen (secondary N) is 1. The van der Waals surface area contributed by atoms with Crippen LogP contribution in [-0.4, -0.2) is 13.4 Å². The summed E-state index contributed by atoms with van der Waals surface area (Å²) in [6.07, 6.45) is 1.57. The zero-order chi connectivity index (χ0) is 17.2. The maximum absolute atomic E-state index is 12.3. The van der Waals surface area contributed by atoms with Crippen LogP contribution < -0.4 is 4.72 Å². The van der Waals surface area contributed by atoms with Gasteiger partial charge in [0.05, 0.1) is 4.90 Å². The molecule has 0 atom stereocenters. The van der Waals surface area contributed by atoms with Crippen molar-refractivity contribution in [3.63, 3.8) is 0 Å². The van der Waals surface area contributed by atoms with Gasteiger partial charge in [0.25, 0.3) is 10.0 Å². The maximum Gasteiger partial charge on any atom is 0.263 e. The van der Waals surface area contributed by atoms with Crippen molar-refractivity contribution in [1.82, 2.24) is 4.98 Å². The number of hydrogen-bond acceptors (Lipinski definition) is 3. The number of hydrogen-bond donors (Lipinski definition) is 1. The molecule has 0 aliphatic rings. The van der Waals surface area contributed by atoms with Gasteiger partial charge >= 0.3 is 0 Å². The van der Waals surface area contributed by atoms with Crippen LogP contribution in [0, 0.1) is 0 Å². The molecule has 2 aromatic carbocycles. The number of anilines is 1. The Kier molecular flexibility index (Phi) is 4.76. The molecule has 3 aromatic rings. The van der Waals surface area contributed by atoms with Gasteiger partial charge < -0.3 is 0 Å². The predicted octanol–water partition coefficient (Wildman–Crippen LogP) is 4.86. The van der Waals surface area contributed by atoms with Crippen molar-refractivity contribution in [2.24, 2.45) is 0 Å². The van der Waals surface area contributed by atoms with Gasteiger partial charge in [-0.2, -0.15) is 0 Å². The Bertz CT molecular complexity index is 974. The van der Waals surface area contributed by atoms with Crippen LogP contribution in [-0.2, 0) is 10.0 Å². The smallest absolute Gasteiger partial charge is 0.263 e. The highest BCUT2D eigenvalue weighted by molar-refractivity contribution is 7.92. The summed E-state index contributed by atoms with van der Waals surface area (Å²) in [5.41, 5.74) is 1.63. The molecule has 0 radical (unpaired) electrons. The van der Waals surface area contributed by atoms with Crippen molar-refractivity contribution in [3.05, 3.63) is 76.9 Å². The van der Waals surface area contributed by atoms with Gasteiger partial charge in [0, 0.05) is 27.4 Å². The first-order valence-electron chi connectivity index (χ1n) is 6.95. The first-order chi connectivity index (χ1) is 11.5. The Balaban J connectivity index is 1.85. The number of pyridine rings is 1. The summed E-state index contributed by atoms with van der Waals surface area (Å²) >= 11 is 12.0. The highest BCUT2D eigenvalue weighted by Gasteiger charge is 2.15. The van der Waals surface area contributed by atoms with Crippen molar-refractivity contribution in [2.75, 3.05) is 4.72 Å². The van der Waals surface area contributed by atoms with Crippen LogP contribution in [0.5, 0.6) is 0 Å². The van der Waals surface area contributed by atoms with E-state index in [1.54, 1.807) is 36.5 Å². The van der Waals surface area contributed by atoms with Gasteiger partial charge in [-0.15, -0.1) is 0 Å². The largest absolute Gasteiger partial charge is 0.263 e. The second kappa shape index (κ2) is 6.81. The van der Waals surface area contributed by atoms with E-state index in [0.717, 1.165) is 11.1 Å². The van der Waals surface area contributed by atoms with Crippen LogP contribution in [0.15, 0.2) is 71.8 Å². The van der Waals surface area contributed by atoms with Crippen LogP contribution in [0.25, 0.3) is 11.1 Å². The van der Waals surface area contributed by atoms with Crippen molar-refractivity contribution in [3.8, 4) is 11.1 Å². The van der Waals surface area contributed by atoms with E-state index in [4.69, 9.17) is 23.2 Å². The van der Waals surface area contributed by atoms with Gasteiger partial charge in [0.2, 0.25) is 0 Å². The lowest BCUT2D eigenvalue weighted by Gasteiger charge is -2.09. The van der Waals surface area contributed by atoms with Crippen LogP contribution in [0.4, 0.5) is 5.82 Å². The molecule has 122 valence electrons. The third-order valence-corrected chi connectivity index (χ3v) is 5.21. The molecule has 0 saturated carbocycles. The van der Waals surface area contributed by atoms with E-state index < -0.39 is 10.0 Å². The number of sulfonamides is 1. The van der Waals surface area contributed by atoms with Gasteiger partial charge in [0.1, 0.15) is 5.82 Å². The Labute approximate surface area is 150 Å². The van der Waals surface area contributed by atoms with Crippen molar-refractivity contribution >= 4 is 39.0 Å². The van der Waals surface area contributed by atoms with Crippen LogP contribution in [0.1, 0.15) is 0 Å². The molecule has 1 N–H and O–H groups in total. The quantitative estimate of drug-likeness (QED) is 0.705. The number of rotatable bonds is 4. The van der Waals surface area contributed by atoms with Gasteiger partial charge in [-0.05, 0) is 36.4 Å². The molecule has 7 heteroatoms. The van der Waals surface area contributed by atoms with E-state index >= 15 is 0 Å². The lowest BCUT2D eigenvalue weighted by molar-refractivity contribution is 0.601. The van der Waals surface area contributed by atoms with Crippen LogP contribution in [0.2, 0.25) is 10.0 Å². The summed E-state index contributed by atoms with van der Waals surface area (Å²) in [5, 5.41) is 0.950. The molecule has 4 nitrogen and oxygen atoms in total. The molecular formula is C17H12Cl2N2O2S. The first kappa shape index (κ1) is 16.8. The fourth-order valence-corrected chi connectivity index (χ4v) is 3.69. The third-order valence-electron chi connectivity index (χ3n) is 3.29. The Morgan fingerprint density at radius 3 is 2.38 bits per heavy atom. The minimum atomic E-state index is -3.74. The van der Waals surface area contributed by atoms with Gasteiger partial charge in [-0.25, -0.2) is 13.4 Å². The molecule has 0 bridgehead atoms. The predicted molar refractivity (Wildman–Crippen MR) is 96.9 cm³/mol. The monoisotopic (exact) mass is 378 g/mol. The summed E-state index contributed by atoms with van der Waals surface area (Å²) in [4.78, 5) is 4.22. The molecule has 3 rings (SSSR count). The summed E-state index contributed by atoms with van der Waals surface area (Å²) in [7, 11) is -3.74. The number of halogens is 2. The molecule has 1 heterocycles. The van der Waals surface area contributed by atoms with Crippen molar-refractivity contribution in [1.29, 1.82) is 0 Å². The summed E-state index contributed by atoms with van der Waals surface area (Å²) in [6.45, 7) is 0. The summed E-state index contributed by atoms with van der Waals surface area (Å²) < 4.78 is 27.1. The van der Waals surface area contributed by atoms with Crippen LogP contribution >= 0.6 is 23.2 Å². The molecule has 0 fully saturated rings. The van der Waals surface area contributed by atoms with E-state index in [0.29, 0.717) is 10.0 Å². The molecule has 24 heavy (non-hydrogen) atoms. The average molecular weight is 379 g/mol. The standard InChI is InChI=1S/C17H12Cl2N2O2S/c18-13-4-3-5-14(10-13)24(22,23)21-17-9-8-12(11-20-17)15-6-1-2-7-16(15)19/h1-11H,(H,20,21). The second-order valence-electron chi connectivity index (χ2n) is 4.97. The van der Waals surface area contributed by atoms with E-state index in [9.17, 15) is 8.42 Å². The lowest BCUT2D eigenvalue weighted by Crippen LogP contribution is -2.13. The number of benzene rings is 2. The molecule has 1 aromatic heterocycles. The fraction of sp³-hybridized carbons (Fsp3) is 0. The molecule has 0 amide bonds. The normalized spacial score (nSPS) is 11.2. The van der Waals surface area contributed by atoms with E-state index in [-0.39, 0.29) is 10.7 Å². The number of aromatic nitrogens is 1. The zero-order valence-corrected chi connectivity index (χ0v) is 14.6. The van der Waals surface area contributed by atoms with Gasteiger partial charge in [-0.1, -0.05) is 47.5 Å². The van der Waals surface area contributed by atoms with E-state index in [2.05, 4.69) is 9.71 Å².